The second kappa shape index (κ2) is 23.7. The fourth-order valence-electron chi connectivity index (χ4n) is 5.28. The maximum atomic E-state index is 14.0. The number of ketones is 1. The van der Waals surface area contributed by atoms with Gasteiger partial charge in [-0.3, -0.25) is 10.2 Å². The van der Waals surface area contributed by atoms with Crippen LogP contribution in [0.2, 0.25) is 10.6 Å². The molecular formula is C31H21Cl2N11Na4O14S4. The average molecular weight is 1060 g/mol. The van der Waals surface area contributed by atoms with Crippen LogP contribution >= 0.6 is 23.2 Å². The molecule has 1 aliphatic carbocycles. The van der Waals surface area contributed by atoms with Crippen molar-refractivity contribution in [1.82, 2.24) is 29.9 Å². The second-order valence-corrected chi connectivity index (χ2v) is 18.5. The standard InChI is InChI=1S/C31H25Cl2N11O14S4.4Na/c1-13(2)58-31-40-27(33)39-30(42-31)35-18-11-15(7-8-21(18)61(52,53)54)34-28-37-26(32)38-29(41-28)36-19-12-16(59(46,47)48)9-14-10-22(62(55,56)57)24(25(45)23(14)19)44-43-17-5-3-4-6-20(17)60(49,50)51;;;;/h3-13,43H,1-2H3,(H,46,47,48)(H,49,50,51)(H,52,53,54)(H,55,56,57)(H,35,39,40,42)(H2,34,36,37,38,41);;;;/q;4*+1/p-4/b44-24+;;;;. The first-order valence-electron chi connectivity index (χ1n) is 16.4. The van der Waals surface area contributed by atoms with Crippen LogP contribution in [0.4, 0.5) is 40.6 Å². The summed E-state index contributed by atoms with van der Waals surface area (Å²) in [5.74, 6) is -2.78. The van der Waals surface area contributed by atoms with Crippen LogP contribution in [0.1, 0.15) is 29.8 Å². The Balaban J connectivity index is 0.00000374. The number of fused-ring (bicyclic) bond motifs is 1. The van der Waals surface area contributed by atoms with Crippen molar-refractivity contribution < 1.29 is 180 Å². The van der Waals surface area contributed by atoms with Crippen LogP contribution in [0, 0.1) is 0 Å². The van der Waals surface area contributed by atoms with E-state index < -0.39 is 117 Å². The molecular weight excluding hydrogens is 1040 g/mol. The topological polar surface area (TPSA) is 393 Å². The summed E-state index contributed by atoms with van der Waals surface area (Å²) in [6.45, 7) is 3.33. The Morgan fingerprint density at radius 1 is 0.621 bits per heavy atom. The molecule has 66 heavy (non-hydrogen) atoms. The molecule has 0 bridgehead atoms. The summed E-state index contributed by atoms with van der Waals surface area (Å²) in [4.78, 5) is 33.5. The zero-order valence-electron chi connectivity index (χ0n) is 34.6. The van der Waals surface area contributed by atoms with Gasteiger partial charge < -0.3 is 38.9 Å². The smallest absolute Gasteiger partial charge is 0.744 e. The Hall–Kier alpha value is -2.02. The Labute approximate surface area is 473 Å². The van der Waals surface area contributed by atoms with Crippen LogP contribution in [-0.4, -0.2) is 99.4 Å². The van der Waals surface area contributed by atoms with Crippen molar-refractivity contribution in [1.29, 1.82) is 0 Å². The third kappa shape index (κ3) is 15.2. The summed E-state index contributed by atoms with van der Waals surface area (Å²) in [6, 6.07) is 8.39. The minimum absolute atomic E-state index is 0. The average Bonchev–Trinajstić information content (AvgIpc) is 3.12. The fraction of sp³-hybridized carbons (Fsp3) is 0.0968. The first-order chi connectivity index (χ1) is 28.8. The van der Waals surface area contributed by atoms with E-state index in [1.807, 2.05) is 0 Å². The number of nitrogens with one attached hydrogen (secondary N) is 4. The van der Waals surface area contributed by atoms with Gasteiger partial charge in [0.05, 0.1) is 48.3 Å². The van der Waals surface area contributed by atoms with Gasteiger partial charge in [-0.25, -0.2) is 33.7 Å². The molecule has 0 saturated heterocycles. The maximum Gasteiger partial charge on any atom is 1.00 e. The van der Waals surface area contributed by atoms with E-state index in [0.717, 1.165) is 30.3 Å². The molecule has 0 unspecified atom stereocenters. The van der Waals surface area contributed by atoms with Crippen molar-refractivity contribution in [3.63, 3.8) is 0 Å². The molecule has 2 aromatic heterocycles. The summed E-state index contributed by atoms with van der Waals surface area (Å²) < 4.78 is 151. The molecule has 0 amide bonds. The Morgan fingerprint density at radius 2 is 1.17 bits per heavy atom. The van der Waals surface area contributed by atoms with Crippen molar-refractivity contribution >= 4 is 122 Å². The Kier molecular flexibility index (Phi) is 21.6. The number of rotatable bonds is 14. The van der Waals surface area contributed by atoms with Gasteiger partial charge in [-0.1, -0.05) is 12.1 Å². The van der Waals surface area contributed by atoms with Gasteiger partial charge in [0.1, 0.15) is 46.2 Å². The van der Waals surface area contributed by atoms with Crippen molar-refractivity contribution in [2.45, 2.75) is 34.6 Å². The number of benzene rings is 3. The normalized spacial score (nSPS) is 13.1. The van der Waals surface area contributed by atoms with Gasteiger partial charge in [0.15, 0.2) is 0 Å². The number of carbonyl (C=O) groups excluding carboxylic acids is 1. The van der Waals surface area contributed by atoms with Gasteiger partial charge in [-0.05, 0) is 91.2 Å². The van der Waals surface area contributed by atoms with E-state index in [1.54, 1.807) is 13.8 Å². The first-order valence-corrected chi connectivity index (χ1v) is 22.8. The monoisotopic (exact) mass is 1060 g/mol. The molecule has 1 aliphatic rings. The summed E-state index contributed by atoms with van der Waals surface area (Å²) in [6.07, 6.45) is 0.113. The Morgan fingerprint density at radius 3 is 1.74 bits per heavy atom. The zero-order chi connectivity index (χ0) is 45.5. The number of ether oxygens (including phenoxy) is 1. The van der Waals surface area contributed by atoms with Crippen LogP contribution in [0.5, 0.6) is 6.01 Å². The minimum atomic E-state index is -5.64. The molecule has 0 saturated carbocycles. The van der Waals surface area contributed by atoms with Gasteiger partial charge in [0.25, 0.3) is 0 Å². The summed E-state index contributed by atoms with van der Waals surface area (Å²) in [7, 11) is -21.3. The summed E-state index contributed by atoms with van der Waals surface area (Å²) >= 11 is 12.1. The number of hydrogen-bond acceptors (Lipinski definition) is 25. The molecule has 0 fully saturated rings. The molecule has 3 aromatic carbocycles. The van der Waals surface area contributed by atoms with Crippen LogP contribution in [0.3, 0.4) is 0 Å². The fourth-order valence-corrected chi connectivity index (χ4v) is 8.02. The van der Waals surface area contributed by atoms with Gasteiger partial charge >= 0.3 is 124 Å². The number of allylic oxidation sites excluding steroid dienone is 1. The number of hydrogen-bond donors (Lipinski definition) is 4. The van der Waals surface area contributed by atoms with E-state index in [-0.39, 0.29) is 147 Å². The van der Waals surface area contributed by atoms with Crippen LogP contribution in [0.15, 0.2) is 79.3 Å². The molecule has 4 N–H and O–H groups in total. The molecule has 2 heterocycles. The van der Waals surface area contributed by atoms with Crippen molar-refractivity contribution in [3.8, 4) is 6.01 Å². The van der Waals surface area contributed by atoms with Gasteiger partial charge in [-0.15, -0.1) is 0 Å². The predicted octanol–water partition coefficient (Wildman–Crippen LogP) is -9.34. The van der Waals surface area contributed by atoms with Gasteiger partial charge in [0, 0.05) is 5.69 Å². The first kappa shape index (κ1) is 60.1. The van der Waals surface area contributed by atoms with E-state index in [9.17, 15) is 56.7 Å². The number of halogens is 2. The van der Waals surface area contributed by atoms with Crippen molar-refractivity contribution in [2.75, 3.05) is 21.4 Å². The third-order valence-electron chi connectivity index (χ3n) is 7.64. The van der Waals surface area contributed by atoms with Crippen LogP contribution in [0.25, 0.3) is 6.08 Å². The summed E-state index contributed by atoms with van der Waals surface area (Å²) in [5, 5.41) is 10.4. The molecule has 326 valence electrons. The molecule has 25 nitrogen and oxygen atoms in total. The number of anilines is 7. The largest absolute Gasteiger partial charge is 1.00 e. The quantitative estimate of drug-likeness (QED) is 0.0456. The molecule has 0 aliphatic heterocycles. The molecule has 0 radical (unpaired) electrons. The van der Waals surface area contributed by atoms with E-state index in [1.165, 1.54) is 12.1 Å². The summed E-state index contributed by atoms with van der Waals surface area (Å²) in [5.41, 5.74) is -1.90. The van der Waals surface area contributed by atoms with Gasteiger partial charge in [-0.2, -0.15) is 35.0 Å². The number of hydrazone groups is 1. The molecule has 0 atom stereocenters. The SMILES string of the molecule is CC(C)Oc1nc(Cl)nc(Nc2cc(Nc3nc(Cl)nc(Nc4cc(S(=O)(=O)[O-])cc5c4C(=O)/C(=N/Nc4ccccc4S(=O)(=O)[O-])C(S(=O)(=O)[O-])=C5)n3)ccc2S(=O)(=O)[O-])n1.[Na+].[Na+].[Na+].[Na+]. The van der Waals surface area contributed by atoms with E-state index in [2.05, 4.69) is 56.4 Å². The third-order valence-corrected chi connectivity index (χ3v) is 11.4. The van der Waals surface area contributed by atoms with Crippen molar-refractivity contribution in [2.24, 2.45) is 5.10 Å². The molecule has 35 heteroatoms. The van der Waals surface area contributed by atoms with Crippen molar-refractivity contribution in [3.05, 3.63) is 81.2 Å². The number of nitrogens with zero attached hydrogens (tertiary/aromatic N) is 7. The molecule has 5 aromatic rings. The van der Waals surface area contributed by atoms with E-state index in [0.29, 0.717) is 18.2 Å². The van der Waals surface area contributed by atoms with Crippen LogP contribution in [-0.2, 0) is 40.5 Å². The Bertz CT molecular complexity index is 3230. The molecule has 6 rings (SSSR count). The number of Topliss-reactive ketones (excluding diaryl/α,β-unsaturated/α-hetero) is 1. The minimum Gasteiger partial charge on any atom is -0.744 e. The van der Waals surface area contributed by atoms with E-state index >= 15 is 0 Å². The second-order valence-electron chi connectivity index (χ2n) is 12.4. The van der Waals surface area contributed by atoms with Gasteiger partial charge in [0.2, 0.25) is 34.2 Å². The molecule has 0 spiro atoms. The predicted molar refractivity (Wildman–Crippen MR) is 212 cm³/mol. The zero-order valence-corrected chi connectivity index (χ0v) is 47.4. The maximum absolute atomic E-state index is 14.0. The van der Waals surface area contributed by atoms with E-state index in [4.69, 9.17) is 27.9 Å². The van der Waals surface area contributed by atoms with Crippen LogP contribution < -0.4 is 144 Å². The number of aromatic nitrogens is 6. The number of carbonyl (C=O) groups is 1. The number of para-hydroxylation sites is 1.